The summed E-state index contributed by atoms with van der Waals surface area (Å²) in [6, 6.07) is 12.6. The van der Waals surface area contributed by atoms with Crippen molar-refractivity contribution >= 4 is 29.1 Å². The maximum Gasteiger partial charge on any atom is 0.223 e. The zero-order valence-corrected chi connectivity index (χ0v) is 18.0. The highest BCUT2D eigenvalue weighted by Gasteiger charge is 2.18. The van der Waals surface area contributed by atoms with Crippen molar-refractivity contribution in [2.45, 2.75) is 25.9 Å². The van der Waals surface area contributed by atoms with Crippen molar-refractivity contribution < 1.29 is 13.6 Å². The van der Waals surface area contributed by atoms with Gasteiger partial charge in [-0.25, -0.2) is 4.98 Å². The van der Waals surface area contributed by atoms with Crippen LogP contribution in [0.3, 0.4) is 0 Å². The highest BCUT2D eigenvalue weighted by atomic mass is 35.5. The molecule has 1 amide bonds. The molecule has 4 rings (SSSR count). The lowest BCUT2D eigenvalue weighted by molar-refractivity contribution is -0.132. The lowest BCUT2D eigenvalue weighted by Crippen LogP contribution is -2.30. The van der Waals surface area contributed by atoms with Crippen LogP contribution in [-0.4, -0.2) is 20.8 Å². The largest absolute Gasteiger partial charge is 0.467 e. The number of oxazole rings is 1. The van der Waals surface area contributed by atoms with E-state index in [9.17, 15) is 4.79 Å². The Hall–Kier alpha value is -3.09. The average molecular weight is 456 g/mol. The third-order valence-corrected chi connectivity index (χ3v) is 5.23. The number of carbonyl (C=O) groups is 1. The molecule has 0 unspecified atom stereocenters. The van der Waals surface area contributed by atoms with E-state index in [2.05, 4.69) is 9.97 Å². The summed E-state index contributed by atoms with van der Waals surface area (Å²) in [7, 11) is 0. The Morgan fingerprint density at radius 3 is 2.71 bits per heavy atom. The van der Waals surface area contributed by atoms with E-state index in [1.165, 1.54) is 0 Å². The molecule has 158 valence electrons. The van der Waals surface area contributed by atoms with Crippen molar-refractivity contribution in [3.8, 4) is 11.3 Å². The molecule has 0 bridgehead atoms. The highest BCUT2D eigenvalue weighted by molar-refractivity contribution is 6.36. The number of pyridine rings is 1. The number of aryl methyl sites for hydroxylation is 1. The van der Waals surface area contributed by atoms with E-state index in [4.69, 9.17) is 32.0 Å². The van der Waals surface area contributed by atoms with Gasteiger partial charge < -0.3 is 13.7 Å². The van der Waals surface area contributed by atoms with Crippen LogP contribution in [0, 0.1) is 0 Å². The van der Waals surface area contributed by atoms with Gasteiger partial charge in [0.05, 0.1) is 24.0 Å². The first-order valence-corrected chi connectivity index (χ1v) is 10.4. The molecule has 3 heterocycles. The van der Waals surface area contributed by atoms with Gasteiger partial charge >= 0.3 is 0 Å². The molecule has 0 spiro atoms. The van der Waals surface area contributed by atoms with Crippen molar-refractivity contribution in [2.75, 3.05) is 0 Å². The van der Waals surface area contributed by atoms with Crippen LogP contribution in [0.4, 0.5) is 0 Å². The molecule has 0 fully saturated rings. The average Bonchev–Trinajstić information content (AvgIpc) is 3.44. The van der Waals surface area contributed by atoms with Gasteiger partial charge in [-0.05, 0) is 42.0 Å². The van der Waals surface area contributed by atoms with E-state index in [1.807, 2.05) is 18.2 Å². The summed E-state index contributed by atoms with van der Waals surface area (Å²) in [5.74, 6) is 1.68. The second-order valence-electron chi connectivity index (χ2n) is 6.93. The van der Waals surface area contributed by atoms with Gasteiger partial charge in [0.2, 0.25) is 5.91 Å². The lowest BCUT2D eigenvalue weighted by Gasteiger charge is -2.21. The Kier molecular flexibility index (Phi) is 6.70. The molecule has 0 aliphatic rings. The summed E-state index contributed by atoms with van der Waals surface area (Å²) in [5, 5.41) is 1.02. The number of hydrogen-bond donors (Lipinski definition) is 0. The van der Waals surface area contributed by atoms with Crippen LogP contribution in [0.5, 0.6) is 0 Å². The van der Waals surface area contributed by atoms with Gasteiger partial charge in [0.15, 0.2) is 11.7 Å². The smallest absolute Gasteiger partial charge is 0.223 e. The SMILES string of the molecule is O=C(CCc1ncc(-c2ccc(Cl)cc2Cl)o1)N(Cc1cccnc1)Cc1ccco1. The first kappa shape index (κ1) is 21.2. The summed E-state index contributed by atoms with van der Waals surface area (Å²) >= 11 is 12.2. The van der Waals surface area contributed by atoms with E-state index >= 15 is 0 Å². The van der Waals surface area contributed by atoms with Gasteiger partial charge in [0, 0.05) is 42.4 Å². The maximum absolute atomic E-state index is 13.0. The fourth-order valence-corrected chi connectivity index (χ4v) is 3.65. The number of rotatable bonds is 8. The predicted molar refractivity (Wildman–Crippen MR) is 117 cm³/mol. The molecule has 0 N–H and O–H groups in total. The molecule has 0 atom stereocenters. The molecule has 0 saturated heterocycles. The molecule has 0 aliphatic carbocycles. The molecular weight excluding hydrogens is 437 g/mol. The Bertz CT molecular complexity index is 1140. The number of amides is 1. The van der Waals surface area contributed by atoms with Gasteiger partial charge in [-0.15, -0.1) is 0 Å². The lowest BCUT2D eigenvalue weighted by atomic mass is 10.2. The first-order valence-electron chi connectivity index (χ1n) is 9.67. The van der Waals surface area contributed by atoms with Crippen LogP contribution in [0.25, 0.3) is 11.3 Å². The summed E-state index contributed by atoms with van der Waals surface area (Å²) in [5.41, 5.74) is 1.64. The first-order chi connectivity index (χ1) is 15.1. The van der Waals surface area contributed by atoms with E-state index in [0.29, 0.717) is 52.5 Å². The van der Waals surface area contributed by atoms with Crippen LogP contribution in [0.2, 0.25) is 10.0 Å². The van der Waals surface area contributed by atoms with Crippen LogP contribution in [0.1, 0.15) is 23.6 Å². The van der Waals surface area contributed by atoms with E-state index in [-0.39, 0.29) is 12.3 Å². The topological polar surface area (TPSA) is 72.4 Å². The Labute approximate surface area is 189 Å². The number of halogens is 2. The minimum atomic E-state index is -0.0375. The van der Waals surface area contributed by atoms with Gasteiger partial charge in [-0.3, -0.25) is 9.78 Å². The summed E-state index contributed by atoms with van der Waals surface area (Å²) in [4.78, 5) is 23.1. The minimum Gasteiger partial charge on any atom is -0.467 e. The Morgan fingerprint density at radius 2 is 1.97 bits per heavy atom. The maximum atomic E-state index is 13.0. The van der Waals surface area contributed by atoms with Crippen molar-refractivity contribution in [1.82, 2.24) is 14.9 Å². The minimum absolute atomic E-state index is 0.0375. The number of benzene rings is 1. The van der Waals surface area contributed by atoms with E-state index in [0.717, 1.165) is 5.56 Å². The third-order valence-electron chi connectivity index (χ3n) is 4.68. The molecule has 31 heavy (non-hydrogen) atoms. The summed E-state index contributed by atoms with van der Waals surface area (Å²) in [6.07, 6.45) is 7.26. The molecule has 6 nitrogen and oxygen atoms in total. The number of furan rings is 1. The van der Waals surface area contributed by atoms with Crippen molar-refractivity contribution in [3.63, 3.8) is 0 Å². The zero-order chi connectivity index (χ0) is 21.6. The summed E-state index contributed by atoms with van der Waals surface area (Å²) in [6.45, 7) is 0.808. The quantitative estimate of drug-likeness (QED) is 0.335. The van der Waals surface area contributed by atoms with Crippen LogP contribution in [-0.2, 0) is 24.3 Å². The molecular formula is C23H19Cl2N3O3. The zero-order valence-electron chi connectivity index (χ0n) is 16.5. The summed E-state index contributed by atoms with van der Waals surface area (Å²) < 4.78 is 11.2. The second kappa shape index (κ2) is 9.81. The molecule has 1 aromatic carbocycles. The van der Waals surface area contributed by atoms with Crippen LogP contribution >= 0.6 is 23.2 Å². The molecule has 8 heteroatoms. The van der Waals surface area contributed by atoms with Crippen LogP contribution in [0.15, 0.2) is 76.2 Å². The van der Waals surface area contributed by atoms with Crippen molar-refractivity contribution in [2.24, 2.45) is 0 Å². The van der Waals surface area contributed by atoms with Gasteiger partial charge in [0.1, 0.15) is 5.76 Å². The van der Waals surface area contributed by atoms with Gasteiger partial charge in [0.25, 0.3) is 0 Å². The third kappa shape index (κ3) is 5.54. The monoisotopic (exact) mass is 455 g/mol. The van der Waals surface area contributed by atoms with Crippen molar-refractivity contribution in [3.05, 3.63) is 94.6 Å². The highest BCUT2D eigenvalue weighted by Crippen LogP contribution is 2.31. The van der Waals surface area contributed by atoms with Crippen molar-refractivity contribution in [1.29, 1.82) is 0 Å². The second-order valence-corrected chi connectivity index (χ2v) is 7.78. The van der Waals surface area contributed by atoms with Gasteiger partial charge in [-0.1, -0.05) is 29.3 Å². The standard InChI is InChI=1S/C23H19Cl2N3O3/c24-17-5-6-19(20(25)11-17)21-13-27-22(31-21)7-8-23(29)28(15-18-4-2-10-30-18)14-16-3-1-9-26-12-16/h1-6,9-13H,7-8,14-15H2. The molecule has 0 radical (unpaired) electrons. The molecule has 0 aliphatic heterocycles. The normalized spacial score (nSPS) is 10.9. The Morgan fingerprint density at radius 1 is 1.06 bits per heavy atom. The number of carbonyl (C=O) groups excluding carboxylic acids is 1. The fraction of sp³-hybridized carbons (Fsp3) is 0.174. The predicted octanol–water partition coefficient (Wildman–Crippen LogP) is 5.80. The van der Waals surface area contributed by atoms with E-state index in [1.54, 1.807) is 54.0 Å². The van der Waals surface area contributed by atoms with Gasteiger partial charge in [-0.2, -0.15) is 0 Å². The molecule has 0 saturated carbocycles. The number of hydrogen-bond acceptors (Lipinski definition) is 5. The fourth-order valence-electron chi connectivity index (χ4n) is 3.15. The molecule has 4 aromatic rings. The molecule has 3 aromatic heterocycles. The number of aromatic nitrogens is 2. The van der Waals surface area contributed by atoms with Crippen LogP contribution < -0.4 is 0 Å². The Balaban J connectivity index is 1.43. The van der Waals surface area contributed by atoms with E-state index < -0.39 is 0 Å². The number of nitrogens with zero attached hydrogens (tertiary/aromatic N) is 3.